The summed E-state index contributed by atoms with van der Waals surface area (Å²) in [7, 11) is 0. The highest BCUT2D eigenvalue weighted by Crippen LogP contribution is 2.18. The maximum absolute atomic E-state index is 10.8. The van der Waals surface area contributed by atoms with Crippen LogP contribution in [-0.2, 0) is 15.9 Å². The molecule has 3 N–H and O–H groups in total. The monoisotopic (exact) mass is 239 g/mol. The molecule has 1 amide bonds. The van der Waals surface area contributed by atoms with E-state index in [1.807, 2.05) is 0 Å². The zero-order valence-corrected chi connectivity index (χ0v) is 9.17. The van der Waals surface area contributed by atoms with Gasteiger partial charge in [0.15, 0.2) is 0 Å². The highest BCUT2D eigenvalue weighted by atomic mass is 32.2. The molecule has 1 aromatic heterocycles. The number of carbonyl (C=O) groups is 1. The lowest BCUT2D eigenvalue weighted by molar-refractivity contribution is -0.114. The Kier molecular flexibility index (Phi) is 2.71. The first-order valence-corrected chi connectivity index (χ1v) is 5.55. The minimum absolute atomic E-state index is 0.00465. The van der Waals surface area contributed by atoms with E-state index in [0.717, 1.165) is 0 Å². The summed E-state index contributed by atoms with van der Waals surface area (Å²) < 4.78 is 19.6. The molecule has 1 unspecified atom stereocenters. The van der Waals surface area contributed by atoms with Crippen molar-refractivity contribution < 1.29 is 13.6 Å². The van der Waals surface area contributed by atoms with E-state index in [9.17, 15) is 9.00 Å². The number of imidazole rings is 1. The molecule has 0 radical (unpaired) electrons. The number of aromatic nitrogens is 2. The number of aromatic amines is 1. The zero-order valence-electron chi connectivity index (χ0n) is 8.35. The maximum atomic E-state index is 10.8. The second-order valence-electron chi connectivity index (χ2n) is 3.20. The van der Waals surface area contributed by atoms with Crippen molar-refractivity contribution in [2.24, 2.45) is 0 Å². The van der Waals surface area contributed by atoms with Crippen LogP contribution in [0.5, 0.6) is 0 Å². The van der Waals surface area contributed by atoms with Gasteiger partial charge in [-0.05, 0) is 18.2 Å². The van der Waals surface area contributed by atoms with E-state index < -0.39 is 11.1 Å². The Morgan fingerprint density at radius 1 is 1.56 bits per heavy atom. The quantitative estimate of drug-likeness (QED) is 0.684. The van der Waals surface area contributed by atoms with Crippen LogP contribution < -0.4 is 5.32 Å². The van der Waals surface area contributed by atoms with Gasteiger partial charge < -0.3 is 10.3 Å². The van der Waals surface area contributed by atoms with Gasteiger partial charge in [-0.15, -0.1) is 0 Å². The third-order valence-corrected chi connectivity index (χ3v) is 2.47. The number of anilines is 1. The van der Waals surface area contributed by atoms with Gasteiger partial charge in [-0.1, -0.05) is 0 Å². The van der Waals surface area contributed by atoms with Crippen molar-refractivity contribution in [2.75, 3.05) is 5.32 Å². The molecule has 0 saturated carbocycles. The molecule has 1 atom stereocenters. The van der Waals surface area contributed by atoms with Gasteiger partial charge >= 0.3 is 0 Å². The van der Waals surface area contributed by atoms with E-state index in [1.54, 1.807) is 18.2 Å². The smallest absolute Gasteiger partial charge is 0.225 e. The summed E-state index contributed by atoms with van der Waals surface area (Å²) in [5, 5.41) is 2.61. The average molecular weight is 239 g/mol. The topological polar surface area (TPSA) is 95.1 Å². The lowest BCUT2D eigenvalue weighted by Crippen LogP contribution is -2.05. The lowest BCUT2D eigenvalue weighted by Gasteiger charge is -2.00. The molecule has 84 valence electrons. The Bertz CT molecular complexity index is 578. The minimum atomic E-state index is -2.13. The molecule has 0 bridgehead atoms. The van der Waals surface area contributed by atoms with Crippen molar-refractivity contribution in [1.82, 2.24) is 9.97 Å². The number of carbonyl (C=O) groups excluding carboxylic acids is 1. The Morgan fingerprint density at radius 3 is 2.94 bits per heavy atom. The molecular formula is C9H9N3O3S. The first-order valence-electron chi connectivity index (χ1n) is 4.44. The van der Waals surface area contributed by atoms with Crippen molar-refractivity contribution in [3.8, 4) is 0 Å². The van der Waals surface area contributed by atoms with Crippen molar-refractivity contribution in [3.05, 3.63) is 18.2 Å². The van der Waals surface area contributed by atoms with E-state index in [1.165, 1.54) is 6.92 Å². The van der Waals surface area contributed by atoms with Crippen LogP contribution in [0.25, 0.3) is 11.0 Å². The summed E-state index contributed by atoms with van der Waals surface area (Å²) in [6.45, 7) is 1.41. The van der Waals surface area contributed by atoms with Gasteiger partial charge in [-0.25, -0.2) is 9.19 Å². The highest BCUT2D eigenvalue weighted by Gasteiger charge is 2.07. The van der Waals surface area contributed by atoms with E-state index in [2.05, 4.69) is 15.3 Å². The van der Waals surface area contributed by atoms with Crippen LogP contribution in [-0.4, -0.2) is 24.6 Å². The average Bonchev–Trinajstić information content (AvgIpc) is 2.59. The fourth-order valence-corrected chi connectivity index (χ4v) is 1.72. The highest BCUT2D eigenvalue weighted by molar-refractivity contribution is 7.79. The standard InChI is InChI=1S/C9H9N3O3S/c1-5(13)10-6-2-3-7-8(4-6)12-9(11-7)16(14)15/h2-4H,1H3,(H,10,13)(H,11,12)(H,14,15). The molecule has 0 aliphatic carbocycles. The van der Waals surface area contributed by atoms with E-state index >= 15 is 0 Å². The van der Waals surface area contributed by atoms with Gasteiger partial charge in [-0.2, -0.15) is 0 Å². The summed E-state index contributed by atoms with van der Waals surface area (Å²) in [4.78, 5) is 17.4. The number of nitrogens with one attached hydrogen (secondary N) is 2. The van der Waals surface area contributed by atoms with Crippen LogP contribution in [0.3, 0.4) is 0 Å². The molecule has 16 heavy (non-hydrogen) atoms. The summed E-state index contributed by atoms with van der Waals surface area (Å²) >= 11 is -2.13. The maximum Gasteiger partial charge on any atom is 0.225 e. The van der Waals surface area contributed by atoms with Gasteiger partial charge in [0.2, 0.25) is 22.1 Å². The second kappa shape index (κ2) is 4.03. The van der Waals surface area contributed by atoms with Gasteiger partial charge in [-0.3, -0.25) is 9.35 Å². The Balaban J connectivity index is 2.45. The number of fused-ring (bicyclic) bond motifs is 1. The largest absolute Gasteiger partial charge is 0.329 e. The third kappa shape index (κ3) is 2.10. The van der Waals surface area contributed by atoms with Gasteiger partial charge in [0, 0.05) is 12.6 Å². The van der Waals surface area contributed by atoms with Crippen molar-refractivity contribution in [3.63, 3.8) is 0 Å². The SMILES string of the molecule is CC(=O)Nc1ccc2nc(S(=O)O)[nH]c2c1. The predicted molar refractivity (Wildman–Crippen MR) is 59.4 cm³/mol. The number of hydrogen-bond acceptors (Lipinski definition) is 3. The molecule has 0 aliphatic rings. The fraction of sp³-hybridized carbons (Fsp3) is 0.111. The third-order valence-electron chi connectivity index (χ3n) is 1.95. The zero-order chi connectivity index (χ0) is 11.7. The van der Waals surface area contributed by atoms with Crippen LogP contribution in [0.15, 0.2) is 23.4 Å². The number of H-pyrrole nitrogens is 1. The van der Waals surface area contributed by atoms with Crippen molar-refractivity contribution in [1.29, 1.82) is 0 Å². The van der Waals surface area contributed by atoms with Crippen molar-refractivity contribution >= 4 is 33.7 Å². The Labute approximate surface area is 93.4 Å². The molecule has 2 aromatic rings. The molecule has 7 heteroatoms. The van der Waals surface area contributed by atoms with E-state index in [-0.39, 0.29) is 11.1 Å². The summed E-state index contributed by atoms with van der Waals surface area (Å²) in [5.74, 6) is -0.176. The molecule has 0 aliphatic heterocycles. The Hall–Kier alpha value is -1.73. The number of benzene rings is 1. The number of amides is 1. The molecule has 1 heterocycles. The van der Waals surface area contributed by atoms with Crippen LogP contribution in [0.4, 0.5) is 5.69 Å². The first-order chi connectivity index (χ1) is 7.56. The van der Waals surface area contributed by atoms with Crippen molar-refractivity contribution in [2.45, 2.75) is 12.1 Å². The summed E-state index contributed by atoms with van der Waals surface area (Å²) in [6.07, 6.45) is 0. The van der Waals surface area contributed by atoms with Crippen LogP contribution in [0.2, 0.25) is 0 Å². The molecule has 0 fully saturated rings. The van der Waals surface area contributed by atoms with E-state index in [4.69, 9.17) is 4.55 Å². The first kappa shape index (κ1) is 10.8. The fourth-order valence-electron chi connectivity index (χ4n) is 1.35. The number of nitrogens with zero attached hydrogens (tertiary/aromatic N) is 1. The summed E-state index contributed by atoms with van der Waals surface area (Å²) in [5.41, 5.74) is 1.79. The molecule has 0 spiro atoms. The molecule has 2 rings (SSSR count). The predicted octanol–water partition coefficient (Wildman–Crippen LogP) is 1.10. The van der Waals surface area contributed by atoms with E-state index in [0.29, 0.717) is 16.7 Å². The van der Waals surface area contributed by atoms with Gasteiger partial charge in [0.25, 0.3) is 0 Å². The lowest BCUT2D eigenvalue weighted by atomic mass is 10.3. The molecular weight excluding hydrogens is 230 g/mol. The molecule has 6 nitrogen and oxygen atoms in total. The van der Waals surface area contributed by atoms with Crippen LogP contribution in [0.1, 0.15) is 6.92 Å². The van der Waals surface area contributed by atoms with Crippen LogP contribution in [0, 0.1) is 0 Å². The van der Waals surface area contributed by atoms with Crippen LogP contribution >= 0.6 is 0 Å². The second-order valence-corrected chi connectivity index (χ2v) is 4.09. The number of hydrogen-bond donors (Lipinski definition) is 3. The molecule has 0 saturated heterocycles. The summed E-state index contributed by atoms with van der Waals surface area (Å²) in [6, 6.07) is 4.99. The minimum Gasteiger partial charge on any atom is -0.329 e. The number of rotatable bonds is 2. The van der Waals surface area contributed by atoms with Gasteiger partial charge in [0.05, 0.1) is 11.0 Å². The normalized spacial score (nSPS) is 12.6. The van der Waals surface area contributed by atoms with Gasteiger partial charge in [0.1, 0.15) is 0 Å². The Morgan fingerprint density at radius 2 is 2.31 bits per heavy atom. The molecule has 1 aromatic carbocycles.